The van der Waals surface area contributed by atoms with Crippen LogP contribution in [0, 0.1) is 0 Å². The van der Waals surface area contributed by atoms with Crippen molar-refractivity contribution in [2.24, 2.45) is 5.73 Å². The molecule has 1 aromatic carbocycles. The fourth-order valence-corrected chi connectivity index (χ4v) is 1.62. The van der Waals surface area contributed by atoms with Crippen LogP contribution in [-0.2, 0) is 16.0 Å². The van der Waals surface area contributed by atoms with E-state index >= 15 is 0 Å². The molecule has 5 N–H and O–H groups in total. The lowest BCUT2D eigenvalue weighted by atomic mass is 10.1. The van der Waals surface area contributed by atoms with Gasteiger partial charge < -0.3 is 26.0 Å². The van der Waals surface area contributed by atoms with Crippen LogP contribution in [0.2, 0.25) is 0 Å². The van der Waals surface area contributed by atoms with Gasteiger partial charge in [-0.05, 0) is 30.5 Å². The number of rotatable bonds is 8. The van der Waals surface area contributed by atoms with Crippen LogP contribution in [0.25, 0.3) is 0 Å². The SMILES string of the molecule is C=COCCCNC(=O)[C@@H](N)Cc1ccc(O)c(O)c1. The second-order valence-corrected chi connectivity index (χ2v) is 4.32. The molecule has 0 aromatic heterocycles. The van der Waals surface area contributed by atoms with E-state index in [1.807, 2.05) is 0 Å². The zero-order chi connectivity index (χ0) is 15.0. The van der Waals surface area contributed by atoms with Gasteiger partial charge in [-0.2, -0.15) is 0 Å². The number of nitrogens with one attached hydrogen (secondary N) is 1. The van der Waals surface area contributed by atoms with E-state index in [4.69, 9.17) is 10.5 Å². The zero-order valence-corrected chi connectivity index (χ0v) is 11.2. The Labute approximate surface area is 117 Å². The van der Waals surface area contributed by atoms with Gasteiger partial charge in [0.05, 0.1) is 18.9 Å². The number of aromatic hydroxyl groups is 2. The molecule has 0 unspecified atom stereocenters. The van der Waals surface area contributed by atoms with E-state index in [1.165, 1.54) is 18.4 Å². The second kappa shape index (κ2) is 8.06. The number of hydrogen-bond acceptors (Lipinski definition) is 5. The summed E-state index contributed by atoms with van der Waals surface area (Å²) in [6.07, 6.45) is 2.30. The Balaban J connectivity index is 2.37. The summed E-state index contributed by atoms with van der Waals surface area (Å²) in [5, 5.41) is 21.3. The molecular weight excluding hydrogens is 260 g/mol. The van der Waals surface area contributed by atoms with Crippen molar-refractivity contribution in [3.8, 4) is 11.5 Å². The minimum atomic E-state index is -0.709. The van der Waals surface area contributed by atoms with Gasteiger partial charge in [-0.25, -0.2) is 0 Å². The van der Waals surface area contributed by atoms with E-state index in [1.54, 1.807) is 6.07 Å². The van der Waals surface area contributed by atoms with E-state index in [-0.39, 0.29) is 23.8 Å². The first-order valence-corrected chi connectivity index (χ1v) is 6.31. The molecule has 0 saturated carbocycles. The van der Waals surface area contributed by atoms with Gasteiger partial charge in [0.15, 0.2) is 11.5 Å². The van der Waals surface area contributed by atoms with Crippen LogP contribution in [-0.4, -0.2) is 35.3 Å². The number of amides is 1. The average Bonchev–Trinajstić information content (AvgIpc) is 2.42. The van der Waals surface area contributed by atoms with Gasteiger partial charge in [0.2, 0.25) is 5.91 Å². The molecule has 110 valence electrons. The Hall–Kier alpha value is -2.21. The third-order valence-electron chi connectivity index (χ3n) is 2.69. The third kappa shape index (κ3) is 5.19. The summed E-state index contributed by atoms with van der Waals surface area (Å²) >= 11 is 0. The quantitative estimate of drug-likeness (QED) is 0.318. The summed E-state index contributed by atoms with van der Waals surface area (Å²) in [5.74, 6) is -0.693. The number of phenolic OH excluding ortho intramolecular Hbond substituents is 2. The highest BCUT2D eigenvalue weighted by atomic mass is 16.5. The summed E-state index contributed by atoms with van der Waals surface area (Å²) in [6.45, 7) is 4.38. The highest BCUT2D eigenvalue weighted by molar-refractivity contribution is 5.81. The second-order valence-electron chi connectivity index (χ2n) is 4.32. The fraction of sp³-hybridized carbons (Fsp3) is 0.357. The van der Waals surface area contributed by atoms with Crippen LogP contribution in [0.15, 0.2) is 31.0 Å². The number of hydrogen-bond donors (Lipinski definition) is 4. The van der Waals surface area contributed by atoms with Crippen LogP contribution >= 0.6 is 0 Å². The Morgan fingerprint density at radius 1 is 1.45 bits per heavy atom. The number of ether oxygens (including phenoxy) is 1. The normalized spacial score (nSPS) is 11.7. The van der Waals surface area contributed by atoms with Crippen molar-refractivity contribution in [2.75, 3.05) is 13.2 Å². The molecule has 6 nitrogen and oxygen atoms in total. The molecule has 0 heterocycles. The van der Waals surface area contributed by atoms with Gasteiger partial charge in [-0.3, -0.25) is 4.79 Å². The minimum Gasteiger partial charge on any atom is -0.504 e. The lowest BCUT2D eigenvalue weighted by molar-refractivity contribution is -0.122. The number of phenols is 2. The van der Waals surface area contributed by atoms with Crippen LogP contribution < -0.4 is 11.1 Å². The first kappa shape index (κ1) is 15.8. The van der Waals surface area contributed by atoms with Crippen LogP contribution in [0.4, 0.5) is 0 Å². The molecule has 6 heteroatoms. The molecule has 0 bridgehead atoms. The third-order valence-corrected chi connectivity index (χ3v) is 2.69. The number of carbonyl (C=O) groups excluding carboxylic acids is 1. The molecule has 1 rings (SSSR count). The molecule has 1 amide bonds. The molecule has 0 spiro atoms. The van der Waals surface area contributed by atoms with E-state index < -0.39 is 6.04 Å². The summed E-state index contributed by atoms with van der Waals surface area (Å²) in [5.41, 5.74) is 6.45. The molecule has 0 aliphatic rings. The highest BCUT2D eigenvalue weighted by Crippen LogP contribution is 2.25. The monoisotopic (exact) mass is 280 g/mol. The summed E-state index contributed by atoms with van der Waals surface area (Å²) in [6, 6.07) is 3.65. The van der Waals surface area contributed by atoms with Crippen LogP contribution in [0.1, 0.15) is 12.0 Å². The van der Waals surface area contributed by atoms with Gasteiger partial charge in [0, 0.05) is 6.54 Å². The minimum absolute atomic E-state index is 0.200. The average molecular weight is 280 g/mol. The maximum Gasteiger partial charge on any atom is 0.237 e. The maximum absolute atomic E-state index is 11.7. The standard InChI is InChI=1S/C14H20N2O4/c1-2-20-7-3-6-16-14(19)11(15)8-10-4-5-12(17)13(18)9-10/h2,4-5,9,11,17-18H,1,3,6-8,15H2,(H,16,19)/t11-/m0/s1. The maximum atomic E-state index is 11.7. The topological polar surface area (TPSA) is 105 Å². The van der Waals surface area contributed by atoms with E-state index in [9.17, 15) is 15.0 Å². The van der Waals surface area contributed by atoms with E-state index in [0.717, 1.165) is 0 Å². The lowest BCUT2D eigenvalue weighted by Crippen LogP contribution is -2.42. The van der Waals surface area contributed by atoms with E-state index in [0.29, 0.717) is 25.1 Å². The molecule has 0 aliphatic heterocycles. The fourth-order valence-electron chi connectivity index (χ4n) is 1.62. The van der Waals surface area contributed by atoms with Crippen molar-refractivity contribution in [1.82, 2.24) is 5.32 Å². The number of benzene rings is 1. The predicted octanol–water partition coefficient (Wildman–Crippen LogP) is 0.634. The van der Waals surface area contributed by atoms with Crippen molar-refractivity contribution in [3.63, 3.8) is 0 Å². The Morgan fingerprint density at radius 3 is 2.85 bits per heavy atom. The number of carbonyl (C=O) groups is 1. The molecule has 0 radical (unpaired) electrons. The summed E-state index contributed by atoms with van der Waals surface area (Å²) in [4.78, 5) is 11.7. The predicted molar refractivity (Wildman–Crippen MR) is 75.2 cm³/mol. The highest BCUT2D eigenvalue weighted by Gasteiger charge is 2.14. The molecule has 1 atom stereocenters. The molecule has 1 aromatic rings. The molecule has 20 heavy (non-hydrogen) atoms. The lowest BCUT2D eigenvalue weighted by Gasteiger charge is -2.12. The summed E-state index contributed by atoms with van der Waals surface area (Å²) in [7, 11) is 0. The number of nitrogens with two attached hydrogens (primary N) is 1. The van der Waals surface area contributed by atoms with E-state index in [2.05, 4.69) is 11.9 Å². The first-order valence-electron chi connectivity index (χ1n) is 6.31. The van der Waals surface area contributed by atoms with Crippen LogP contribution in [0.5, 0.6) is 11.5 Å². The smallest absolute Gasteiger partial charge is 0.237 e. The Bertz CT molecular complexity index is 462. The van der Waals surface area contributed by atoms with Crippen molar-refractivity contribution < 1.29 is 19.7 Å². The summed E-state index contributed by atoms with van der Waals surface area (Å²) < 4.78 is 4.93. The van der Waals surface area contributed by atoms with Crippen molar-refractivity contribution in [3.05, 3.63) is 36.6 Å². The molecule has 0 saturated heterocycles. The van der Waals surface area contributed by atoms with Gasteiger partial charge in [-0.1, -0.05) is 12.6 Å². The van der Waals surface area contributed by atoms with Crippen molar-refractivity contribution in [2.45, 2.75) is 18.9 Å². The molecular formula is C14H20N2O4. The van der Waals surface area contributed by atoms with Gasteiger partial charge in [-0.15, -0.1) is 0 Å². The largest absolute Gasteiger partial charge is 0.504 e. The molecule has 0 fully saturated rings. The van der Waals surface area contributed by atoms with Crippen LogP contribution in [0.3, 0.4) is 0 Å². The van der Waals surface area contributed by atoms with Gasteiger partial charge in [0.1, 0.15) is 0 Å². The molecule has 0 aliphatic carbocycles. The van der Waals surface area contributed by atoms with Crippen molar-refractivity contribution in [1.29, 1.82) is 0 Å². The van der Waals surface area contributed by atoms with Crippen molar-refractivity contribution >= 4 is 5.91 Å². The Kier molecular flexibility index (Phi) is 6.39. The van der Waals surface area contributed by atoms with Gasteiger partial charge in [0.25, 0.3) is 0 Å². The zero-order valence-electron chi connectivity index (χ0n) is 11.2. The first-order chi connectivity index (χ1) is 9.54. The van der Waals surface area contributed by atoms with Gasteiger partial charge >= 0.3 is 0 Å². The Morgan fingerprint density at radius 2 is 2.20 bits per heavy atom.